The number of hydrogen-bond donors (Lipinski definition) is 1. The molecule has 5 nitrogen and oxygen atoms in total. The zero-order chi connectivity index (χ0) is 14.7. The van der Waals surface area contributed by atoms with Crippen LogP contribution in [0.4, 0.5) is 15.9 Å². The third-order valence-corrected chi connectivity index (χ3v) is 2.97. The normalized spacial score (nSPS) is 11.9. The lowest BCUT2D eigenvalue weighted by molar-refractivity contribution is -0.385. The molecular weight excluding hydrogens is 261 g/mol. The van der Waals surface area contributed by atoms with Crippen molar-refractivity contribution < 1.29 is 9.31 Å². The summed E-state index contributed by atoms with van der Waals surface area (Å²) in [5.41, 5.74) is 1.10. The molecule has 0 spiro atoms. The smallest absolute Gasteiger partial charge is 0.290 e. The lowest BCUT2D eigenvalue weighted by atomic mass is 10.1. The van der Waals surface area contributed by atoms with E-state index in [1.807, 2.05) is 6.92 Å². The van der Waals surface area contributed by atoms with E-state index in [1.54, 1.807) is 25.1 Å². The van der Waals surface area contributed by atoms with Crippen molar-refractivity contribution in [2.75, 3.05) is 5.32 Å². The number of pyridine rings is 1. The van der Waals surface area contributed by atoms with E-state index in [1.165, 1.54) is 18.2 Å². The van der Waals surface area contributed by atoms with Crippen LogP contribution in [0.5, 0.6) is 0 Å². The van der Waals surface area contributed by atoms with E-state index in [4.69, 9.17) is 0 Å². The van der Waals surface area contributed by atoms with Gasteiger partial charge < -0.3 is 5.32 Å². The lowest BCUT2D eigenvalue weighted by Gasteiger charge is -2.15. The number of halogens is 1. The molecule has 1 heterocycles. The van der Waals surface area contributed by atoms with Crippen LogP contribution in [0.2, 0.25) is 0 Å². The number of rotatable bonds is 4. The minimum absolute atomic E-state index is 0.0195. The topological polar surface area (TPSA) is 68.1 Å². The molecule has 1 aromatic carbocycles. The van der Waals surface area contributed by atoms with Crippen LogP contribution >= 0.6 is 0 Å². The van der Waals surface area contributed by atoms with Gasteiger partial charge in [-0.25, -0.2) is 9.37 Å². The van der Waals surface area contributed by atoms with Crippen molar-refractivity contribution in [3.63, 3.8) is 0 Å². The number of aryl methyl sites for hydroxylation is 1. The zero-order valence-electron chi connectivity index (χ0n) is 11.1. The van der Waals surface area contributed by atoms with Crippen molar-refractivity contribution in [1.29, 1.82) is 0 Å². The van der Waals surface area contributed by atoms with Gasteiger partial charge in [-0.3, -0.25) is 10.1 Å². The Morgan fingerprint density at radius 1 is 1.35 bits per heavy atom. The van der Waals surface area contributed by atoms with Crippen LogP contribution in [0.25, 0.3) is 0 Å². The highest BCUT2D eigenvalue weighted by Crippen LogP contribution is 2.22. The fourth-order valence-corrected chi connectivity index (χ4v) is 1.91. The molecule has 1 unspecified atom stereocenters. The van der Waals surface area contributed by atoms with Crippen molar-refractivity contribution in [3.8, 4) is 0 Å². The van der Waals surface area contributed by atoms with Gasteiger partial charge in [0.2, 0.25) is 0 Å². The van der Waals surface area contributed by atoms with E-state index < -0.39 is 4.92 Å². The monoisotopic (exact) mass is 275 g/mol. The molecule has 0 aliphatic carbocycles. The third-order valence-electron chi connectivity index (χ3n) is 2.97. The summed E-state index contributed by atoms with van der Waals surface area (Å²) in [6.45, 7) is 3.45. The Morgan fingerprint density at radius 3 is 2.70 bits per heavy atom. The van der Waals surface area contributed by atoms with Crippen molar-refractivity contribution in [2.24, 2.45) is 0 Å². The van der Waals surface area contributed by atoms with Crippen molar-refractivity contribution in [2.45, 2.75) is 19.9 Å². The van der Waals surface area contributed by atoms with Gasteiger partial charge in [-0.1, -0.05) is 12.1 Å². The maximum absolute atomic E-state index is 13.2. The molecule has 0 saturated heterocycles. The van der Waals surface area contributed by atoms with Crippen molar-refractivity contribution in [1.82, 2.24) is 4.98 Å². The van der Waals surface area contributed by atoms with E-state index in [2.05, 4.69) is 10.3 Å². The molecule has 20 heavy (non-hydrogen) atoms. The Balaban J connectivity index is 2.18. The van der Waals surface area contributed by atoms with Crippen molar-refractivity contribution >= 4 is 11.5 Å². The molecule has 0 aliphatic heterocycles. The predicted octanol–water partition coefficient (Wildman–Crippen LogP) is 3.61. The highest BCUT2D eigenvalue weighted by molar-refractivity contribution is 5.46. The number of hydrogen-bond acceptors (Lipinski definition) is 4. The molecule has 0 radical (unpaired) electrons. The minimum Gasteiger partial charge on any atom is -0.364 e. The molecule has 104 valence electrons. The molecule has 1 atom stereocenters. The van der Waals surface area contributed by atoms with E-state index in [9.17, 15) is 14.5 Å². The average Bonchev–Trinajstić information content (AvgIpc) is 2.38. The summed E-state index contributed by atoms with van der Waals surface area (Å²) in [6.07, 6.45) is 0. The first kappa shape index (κ1) is 13.9. The second-order valence-electron chi connectivity index (χ2n) is 4.48. The highest BCUT2D eigenvalue weighted by atomic mass is 19.1. The summed E-state index contributed by atoms with van der Waals surface area (Å²) in [6, 6.07) is 9.06. The van der Waals surface area contributed by atoms with Crippen LogP contribution in [0.3, 0.4) is 0 Å². The van der Waals surface area contributed by atoms with Crippen LogP contribution in [-0.2, 0) is 0 Å². The largest absolute Gasteiger partial charge is 0.364 e. The fourth-order valence-electron chi connectivity index (χ4n) is 1.91. The Kier molecular flexibility index (Phi) is 3.93. The first-order chi connectivity index (χ1) is 9.47. The van der Waals surface area contributed by atoms with Gasteiger partial charge in [0.1, 0.15) is 17.3 Å². The van der Waals surface area contributed by atoms with E-state index in [0.717, 1.165) is 5.56 Å². The number of nitrogens with one attached hydrogen (secondary N) is 1. The second kappa shape index (κ2) is 5.64. The maximum Gasteiger partial charge on any atom is 0.290 e. The van der Waals surface area contributed by atoms with Gasteiger partial charge in [-0.2, -0.15) is 0 Å². The van der Waals surface area contributed by atoms with Crippen LogP contribution in [0.15, 0.2) is 36.4 Å². The van der Waals surface area contributed by atoms with Crippen molar-refractivity contribution in [3.05, 3.63) is 63.6 Å². The van der Waals surface area contributed by atoms with E-state index in [-0.39, 0.29) is 17.5 Å². The summed E-state index contributed by atoms with van der Waals surface area (Å²) in [7, 11) is 0. The van der Waals surface area contributed by atoms with E-state index in [0.29, 0.717) is 11.5 Å². The number of benzene rings is 1. The van der Waals surface area contributed by atoms with E-state index >= 15 is 0 Å². The molecule has 0 fully saturated rings. The molecule has 1 aromatic heterocycles. The number of anilines is 1. The number of aromatic nitrogens is 1. The second-order valence-corrected chi connectivity index (χ2v) is 4.48. The molecule has 1 N–H and O–H groups in total. The van der Waals surface area contributed by atoms with Crippen LogP contribution in [-0.4, -0.2) is 9.91 Å². The summed E-state index contributed by atoms with van der Waals surface area (Å²) in [4.78, 5) is 14.4. The number of nitro groups is 1. The summed E-state index contributed by atoms with van der Waals surface area (Å²) >= 11 is 0. The standard InChI is InChI=1S/C14H14FN3O2/c1-9(11-4-3-5-12(15)8-11)16-14-7-6-13(18(19)20)10(2)17-14/h3-9H,1-2H3,(H,16,17). The van der Waals surface area contributed by atoms with Gasteiger partial charge in [-0.05, 0) is 37.6 Å². The highest BCUT2D eigenvalue weighted by Gasteiger charge is 2.13. The molecule has 6 heteroatoms. The molecular formula is C14H14FN3O2. The zero-order valence-corrected chi connectivity index (χ0v) is 11.1. The Morgan fingerprint density at radius 2 is 2.10 bits per heavy atom. The molecule has 2 aromatic rings. The molecule has 0 aliphatic rings. The van der Waals surface area contributed by atoms with Gasteiger partial charge in [0.15, 0.2) is 0 Å². The van der Waals surface area contributed by atoms with Crippen LogP contribution in [0, 0.1) is 22.9 Å². The Hall–Kier alpha value is -2.50. The third kappa shape index (κ3) is 3.09. The first-order valence-corrected chi connectivity index (χ1v) is 6.11. The van der Waals surface area contributed by atoms with Gasteiger partial charge in [-0.15, -0.1) is 0 Å². The first-order valence-electron chi connectivity index (χ1n) is 6.11. The Bertz CT molecular complexity index is 646. The molecule has 2 rings (SSSR count). The summed E-state index contributed by atoms with van der Waals surface area (Å²) < 4.78 is 13.2. The van der Waals surface area contributed by atoms with Crippen LogP contribution in [0.1, 0.15) is 24.2 Å². The van der Waals surface area contributed by atoms with Gasteiger partial charge in [0.05, 0.1) is 11.0 Å². The minimum atomic E-state index is -0.470. The van der Waals surface area contributed by atoms with Gasteiger partial charge in [0, 0.05) is 6.07 Å². The summed E-state index contributed by atoms with van der Waals surface area (Å²) in [5.74, 6) is 0.217. The quantitative estimate of drug-likeness (QED) is 0.683. The summed E-state index contributed by atoms with van der Waals surface area (Å²) in [5, 5.41) is 13.8. The lowest BCUT2D eigenvalue weighted by Crippen LogP contribution is -2.09. The fraction of sp³-hybridized carbons (Fsp3) is 0.214. The SMILES string of the molecule is Cc1nc(NC(C)c2cccc(F)c2)ccc1[N+](=O)[O-]. The molecule has 0 bridgehead atoms. The average molecular weight is 275 g/mol. The van der Waals surface area contributed by atoms with Gasteiger partial charge in [0.25, 0.3) is 5.69 Å². The number of nitrogens with zero attached hydrogens (tertiary/aromatic N) is 2. The molecule has 0 saturated carbocycles. The van der Waals surface area contributed by atoms with Gasteiger partial charge >= 0.3 is 0 Å². The maximum atomic E-state index is 13.2. The Labute approximate surface area is 115 Å². The van der Waals surface area contributed by atoms with Crippen LogP contribution < -0.4 is 5.32 Å². The molecule has 0 amide bonds. The predicted molar refractivity (Wildman–Crippen MR) is 74.1 cm³/mol.